The molecule has 146 valence electrons. The smallest absolute Gasteiger partial charge is 0.371 e. The summed E-state index contributed by atoms with van der Waals surface area (Å²) >= 11 is 0. The maximum Gasteiger partial charge on any atom is 0.371 e. The fourth-order valence-electron chi connectivity index (χ4n) is 2.49. The van der Waals surface area contributed by atoms with Crippen molar-refractivity contribution >= 4 is 21.7 Å². The number of rotatable bonds is 7. The van der Waals surface area contributed by atoms with Crippen LogP contribution in [-0.4, -0.2) is 19.5 Å². The maximum atomic E-state index is 12.5. The first-order valence-corrected chi connectivity index (χ1v) is 9.88. The molecule has 0 atom stereocenters. The number of hydrogen-bond donors (Lipinski definition) is 2. The van der Waals surface area contributed by atoms with Crippen LogP contribution in [0.2, 0.25) is 0 Å². The average Bonchev–Trinajstić information content (AvgIpc) is 3.12. The number of carboxylic acid groups (broad SMARTS) is 1. The van der Waals surface area contributed by atoms with Gasteiger partial charge in [-0.2, -0.15) is 0 Å². The summed E-state index contributed by atoms with van der Waals surface area (Å²) in [5, 5.41) is 8.85. The molecule has 0 amide bonds. The Morgan fingerprint density at radius 2 is 1.79 bits per heavy atom. The topological polar surface area (TPSA) is 106 Å². The number of carbonyl (C=O) groups is 1. The number of benzene rings is 2. The van der Waals surface area contributed by atoms with Gasteiger partial charge in [0, 0.05) is 0 Å². The molecule has 0 spiro atoms. The lowest BCUT2D eigenvalue weighted by Crippen LogP contribution is -2.13. The van der Waals surface area contributed by atoms with Gasteiger partial charge in [0.25, 0.3) is 10.0 Å². The molecule has 1 aromatic heterocycles. The fourth-order valence-corrected chi connectivity index (χ4v) is 3.62. The Balaban J connectivity index is 1.69. The van der Waals surface area contributed by atoms with E-state index < -0.39 is 16.0 Å². The summed E-state index contributed by atoms with van der Waals surface area (Å²) in [6, 6.07) is 14.4. The molecule has 0 saturated carbocycles. The molecule has 2 aromatic carbocycles. The lowest BCUT2D eigenvalue weighted by molar-refractivity contribution is 0.0658. The molecule has 0 aliphatic carbocycles. The number of aryl methyl sites for hydroxylation is 2. The maximum absolute atomic E-state index is 12.5. The number of sulfonamides is 1. The summed E-state index contributed by atoms with van der Waals surface area (Å²) in [4.78, 5) is 11.0. The summed E-state index contributed by atoms with van der Waals surface area (Å²) in [5.74, 6) is -0.425. The Labute approximate surface area is 162 Å². The molecule has 0 bridgehead atoms. The van der Waals surface area contributed by atoms with Crippen molar-refractivity contribution < 1.29 is 27.5 Å². The van der Waals surface area contributed by atoms with E-state index >= 15 is 0 Å². The van der Waals surface area contributed by atoms with Crippen molar-refractivity contribution in [3.8, 4) is 5.75 Å². The van der Waals surface area contributed by atoms with Crippen LogP contribution in [-0.2, 0) is 16.6 Å². The van der Waals surface area contributed by atoms with Crippen LogP contribution in [0, 0.1) is 13.8 Å². The van der Waals surface area contributed by atoms with E-state index in [4.69, 9.17) is 14.3 Å². The highest BCUT2D eigenvalue weighted by molar-refractivity contribution is 7.92. The second-order valence-electron chi connectivity index (χ2n) is 6.26. The third-order valence-corrected chi connectivity index (χ3v) is 5.41. The molecular weight excluding hydrogens is 382 g/mol. The molecule has 7 nitrogen and oxygen atoms in total. The van der Waals surface area contributed by atoms with E-state index in [0.29, 0.717) is 22.8 Å². The van der Waals surface area contributed by atoms with E-state index in [2.05, 4.69) is 4.72 Å². The zero-order valence-corrected chi connectivity index (χ0v) is 16.1. The van der Waals surface area contributed by atoms with Gasteiger partial charge in [0.2, 0.25) is 5.76 Å². The first-order valence-electron chi connectivity index (χ1n) is 8.39. The number of hydrogen-bond acceptors (Lipinski definition) is 5. The van der Waals surface area contributed by atoms with Crippen LogP contribution < -0.4 is 9.46 Å². The summed E-state index contributed by atoms with van der Waals surface area (Å²) in [6.07, 6.45) is 0. The van der Waals surface area contributed by atoms with Crippen molar-refractivity contribution in [2.45, 2.75) is 25.3 Å². The number of carboxylic acids is 1. The molecule has 0 radical (unpaired) electrons. The van der Waals surface area contributed by atoms with E-state index in [-0.39, 0.29) is 17.3 Å². The predicted octanol–water partition coefficient (Wildman–Crippen LogP) is 3.97. The summed E-state index contributed by atoms with van der Waals surface area (Å²) < 4.78 is 38.3. The number of ether oxygens (including phenoxy) is 1. The number of nitrogens with one attached hydrogen (secondary N) is 1. The monoisotopic (exact) mass is 401 g/mol. The van der Waals surface area contributed by atoms with Crippen LogP contribution in [0.3, 0.4) is 0 Å². The molecule has 1 heterocycles. The number of furan rings is 1. The SMILES string of the molecule is Cc1ccc(S(=O)(=O)Nc2ccc(OCc3ccc(C(=O)O)o3)cc2C)cc1. The van der Waals surface area contributed by atoms with Crippen molar-refractivity contribution in [3.05, 3.63) is 77.2 Å². The van der Waals surface area contributed by atoms with Crippen LogP contribution >= 0.6 is 0 Å². The van der Waals surface area contributed by atoms with Gasteiger partial charge in [0.15, 0.2) is 0 Å². The van der Waals surface area contributed by atoms with E-state index in [1.165, 1.54) is 12.1 Å². The average molecular weight is 401 g/mol. The van der Waals surface area contributed by atoms with Gasteiger partial charge in [-0.3, -0.25) is 4.72 Å². The van der Waals surface area contributed by atoms with Crippen molar-refractivity contribution in [1.29, 1.82) is 0 Å². The lowest BCUT2D eigenvalue weighted by Gasteiger charge is -2.12. The van der Waals surface area contributed by atoms with Crippen LogP contribution in [0.5, 0.6) is 5.75 Å². The minimum atomic E-state index is -3.69. The van der Waals surface area contributed by atoms with Crippen LogP contribution in [0.1, 0.15) is 27.4 Å². The second kappa shape index (κ2) is 7.77. The Kier molecular flexibility index (Phi) is 5.41. The van der Waals surface area contributed by atoms with Crippen LogP contribution in [0.4, 0.5) is 5.69 Å². The Hall–Kier alpha value is -3.26. The molecule has 0 saturated heterocycles. The lowest BCUT2D eigenvalue weighted by atomic mass is 10.2. The van der Waals surface area contributed by atoms with Crippen LogP contribution in [0.25, 0.3) is 0 Å². The van der Waals surface area contributed by atoms with E-state index in [9.17, 15) is 13.2 Å². The van der Waals surface area contributed by atoms with Gasteiger partial charge >= 0.3 is 5.97 Å². The quantitative estimate of drug-likeness (QED) is 0.620. The van der Waals surface area contributed by atoms with E-state index in [1.807, 2.05) is 6.92 Å². The van der Waals surface area contributed by atoms with Gasteiger partial charge in [0.05, 0.1) is 10.6 Å². The second-order valence-corrected chi connectivity index (χ2v) is 7.94. The van der Waals surface area contributed by atoms with Crippen molar-refractivity contribution in [2.24, 2.45) is 0 Å². The van der Waals surface area contributed by atoms with Crippen molar-refractivity contribution in [1.82, 2.24) is 0 Å². The largest absolute Gasteiger partial charge is 0.486 e. The standard InChI is InChI=1S/C20H19NO6S/c1-13-3-7-17(8-4-13)28(24,25)21-18-9-5-15(11-14(18)2)26-12-16-6-10-19(27-16)20(22)23/h3-11,21H,12H2,1-2H3,(H,22,23). The third-order valence-electron chi connectivity index (χ3n) is 4.03. The highest BCUT2D eigenvalue weighted by Gasteiger charge is 2.15. The molecular formula is C20H19NO6S. The Morgan fingerprint density at radius 3 is 2.39 bits per heavy atom. The fraction of sp³-hybridized carbons (Fsp3) is 0.150. The first kappa shape index (κ1) is 19.5. The molecule has 3 rings (SSSR count). The summed E-state index contributed by atoms with van der Waals surface area (Å²) in [7, 11) is -3.69. The normalized spacial score (nSPS) is 11.2. The zero-order chi connectivity index (χ0) is 20.3. The third kappa shape index (κ3) is 4.52. The molecule has 0 unspecified atom stereocenters. The Morgan fingerprint density at radius 1 is 1.07 bits per heavy atom. The number of anilines is 1. The van der Waals surface area contributed by atoms with Gasteiger partial charge in [-0.25, -0.2) is 13.2 Å². The van der Waals surface area contributed by atoms with Gasteiger partial charge in [-0.1, -0.05) is 17.7 Å². The van der Waals surface area contributed by atoms with Gasteiger partial charge < -0.3 is 14.3 Å². The van der Waals surface area contributed by atoms with Gasteiger partial charge in [0.1, 0.15) is 18.1 Å². The molecule has 8 heteroatoms. The van der Waals surface area contributed by atoms with Crippen molar-refractivity contribution in [3.63, 3.8) is 0 Å². The molecule has 0 aliphatic heterocycles. The molecule has 28 heavy (non-hydrogen) atoms. The minimum absolute atomic E-state index is 0.0567. The zero-order valence-electron chi connectivity index (χ0n) is 15.3. The van der Waals surface area contributed by atoms with Crippen molar-refractivity contribution in [2.75, 3.05) is 4.72 Å². The highest BCUT2D eigenvalue weighted by atomic mass is 32.2. The Bertz CT molecular complexity index is 1100. The first-order chi connectivity index (χ1) is 13.2. The molecule has 3 aromatic rings. The number of aromatic carboxylic acids is 1. The molecule has 0 fully saturated rings. The minimum Gasteiger partial charge on any atom is -0.486 e. The van der Waals surface area contributed by atoms with E-state index in [0.717, 1.165) is 5.56 Å². The summed E-state index contributed by atoms with van der Waals surface area (Å²) in [5.41, 5.74) is 2.10. The molecule has 2 N–H and O–H groups in total. The molecule has 0 aliphatic rings. The highest BCUT2D eigenvalue weighted by Crippen LogP contribution is 2.25. The van der Waals surface area contributed by atoms with Gasteiger partial charge in [-0.15, -0.1) is 0 Å². The van der Waals surface area contributed by atoms with E-state index in [1.54, 1.807) is 49.4 Å². The predicted molar refractivity (Wildman–Crippen MR) is 103 cm³/mol. The van der Waals surface area contributed by atoms with Crippen LogP contribution in [0.15, 0.2) is 63.9 Å². The summed E-state index contributed by atoms with van der Waals surface area (Å²) in [6.45, 7) is 3.70. The van der Waals surface area contributed by atoms with Gasteiger partial charge in [-0.05, 0) is 61.9 Å².